The van der Waals surface area contributed by atoms with Crippen molar-refractivity contribution in [1.82, 2.24) is 4.90 Å². The Labute approximate surface area is 139 Å². The lowest BCUT2D eigenvalue weighted by Crippen LogP contribution is -2.50. The summed E-state index contributed by atoms with van der Waals surface area (Å²) in [7, 11) is 0. The molecule has 0 bridgehead atoms. The van der Waals surface area contributed by atoms with Gasteiger partial charge in [0.2, 0.25) is 5.91 Å². The molecule has 1 spiro atoms. The van der Waals surface area contributed by atoms with Gasteiger partial charge in [0, 0.05) is 26.3 Å². The molecule has 0 saturated carbocycles. The molecule has 5 nitrogen and oxygen atoms in total. The van der Waals surface area contributed by atoms with Gasteiger partial charge in [-0.2, -0.15) is 0 Å². The topological polar surface area (TPSA) is 66.8 Å². The quantitative estimate of drug-likeness (QED) is 0.844. The number of carbonyl (C=O) groups is 2. The van der Waals surface area contributed by atoms with Crippen molar-refractivity contribution in [2.24, 2.45) is 16.7 Å². The molecule has 0 aromatic carbocycles. The van der Waals surface area contributed by atoms with Crippen molar-refractivity contribution in [1.29, 1.82) is 0 Å². The Bertz CT molecular complexity index is 432. The second-order valence-corrected chi connectivity index (χ2v) is 8.13. The highest BCUT2D eigenvalue weighted by atomic mass is 16.5. The largest absolute Gasteiger partial charge is 0.481 e. The number of ether oxygens (including phenoxy) is 1. The molecule has 1 unspecified atom stereocenters. The molecule has 0 aromatic heterocycles. The number of likely N-dealkylation sites (tertiary alicyclic amines) is 1. The van der Waals surface area contributed by atoms with E-state index in [2.05, 4.69) is 0 Å². The summed E-state index contributed by atoms with van der Waals surface area (Å²) in [6.07, 6.45) is 4.76. The molecule has 23 heavy (non-hydrogen) atoms. The minimum atomic E-state index is -0.889. The van der Waals surface area contributed by atoms with E-state index < -0.39 is 11.4 Å². The Morgan fingerprint density at radius 2 is 1.74 bits per heavy atom. The monoisotopic (exact) mass is 325 g/mol. The molecule has 2 fully saturated rings. The lowest BCUT2D eigenvalue weighted by Gasteiger charge is -2.46. The van der Waals surface area contributed by atoms with Gasteiger partial charge in [0.05, 0.1) is 11.8 Å². The van der Waals surface area contributed by atoms with Crippen molar-refractivity contribution in [3.8, 4) is 0 Å². The van der Waals surface area contributed by atoms with Gasteiger partial charge >= 0.3 is 5.97 Å². The maximum atomic E-state index is 13.0. The first-order chi connectivity index (χ1) is 10.8. The van der Waals surface area contributed by atoms with Crippen molar-refractivity contribution in [3.05, 3.63) is 0 Å². The third kappa shape index (κ3) is 4.46. The minimum absolute atomic E-state index is 0.0236. The zero-order valence-corrected chi connectivity index (χ0v) is 14.8. The smallest absolute Gasteiger partial charge is 0.304 e. The molecule has 0 radical (unpaired) electrons. The Hall–Kier alpha value is -1.10. The summed E-state index contributed by atoms with van der Waals surface area (Å²) in [6, 6.07) is 0. The van der Waals surface area contributed by atoms with Crippen molar-refractivity contribution in [2.45, 2.75) is 59.3 Å². The van der Waals surface area contributed by atoms with E-state index in [4.69, 9.17) is 4.74 Å². The van der Waals surface area contributed by atoms with Crippen LogP contribution >= 0.6 is 0 Å². The number of aliphatic carboxylic acids is 1. The van der Waals surface area contributed by atoms with Crippen molar-refractivity contribution >= 4 is 11.9 Å². The fraction of sp³-hybridized carbons (Fsp3) is 0.889. The van der Waals surface area contributed by atoms with E-state index in [0.717, 1.165) is 52.0 Å². The molecule has 132 valence electrons. The van der Waals surface area contributed by atoms with Crippen molar-refractivity contribution < 1.29 is 19.4 Å². The fourth-order valence-corrected chi connectivity index (χ4v) is 4.34. The van der Waals surface area contributed by atoms with Gasteiger partial charge in [-0.3, -0.25) is 9.59 Å². The van der Waals surface area contributed by atoms with Crippen molar-refractivity contribution in [3.63, 3.8) is 0 Å². The molecule has 0 aliphatic carbocycles. The van der Waals surface area contributed by atoms with Crippen LogP contribution in [0.3, 0.4) is 0 Å². The van der Waals surface area contributed by atoms with Gasteiger partial charge in [0.25, 0.3) is 0 Å². The first kappa shape index (κ1) is 18.2. The lowest BCUT2D eigenvalue weighted by atomic mass is 9.71. The predicted octanol–water partition coefficient (Wildman–Crippen LogP) is 2.93. The van der Waals surface area contributed by atoms with E-state index >= 15 is 0 Å². The van der Waals surface area contributed by atoms with Crippen molar-refractivity contribution in [2.75, 3.05) is 26.3 Å². The third-order valence-corrected chi connectivity index (χ3v) is 5.58. The summed E-state index contributed by atoms with van der Waals surface area (Å²) in [5.41, 5.74) is -0.448. The molecular formula is C18H31NO4. The number of carboxylic acid groups (broad SMARTS) is 1. The van der Waals surface area contributed by atoms with Gasteiger partial charge in [-0.25, -0.2) is 0 Å². The highest BCUT2D eigenvalue weighted by molar-refractivity contribution is 5.86. The number of hydrogen-bond acceptors (Lipinski definition) is 3. The van der Waals surface area contributed by atoms with E-state index in [1.54, 1.807) is 0 Å². The van der Waals surface area contributed by atoms with Crippen LogP contribution in [-0.4, -0.2) is 48.2 Å². The maximum absolute atomic E-state index is 13.0. The Kier molecular flexibility index (Phi) is 5.71. The van der Waals surface area contributed by atoms with Crippen LogP contribution in [0.1, 0.15) is 59.3 Å². The van der Waals surface area contributed by atoms with E-state index in [1.807, 2.05) is 25.7 Å². The van der Waals surface area contributed by atoms with E-state index in [9.17, 15) is 14.7 Å². The van der Waals surface area contributed by atoms with E-state index in [-0.39, 0.29) is 12.3 Å². The third-order valence-electron chi connectivity index (χ3n) is 5.58. The number of rotatable bonds is 5. The number of carboxylic acids is 1. The summed E-state index contributed by atoms with van der Waals surface area (Å²) in [5, 5.41) is 9.22. The van der Waals surface area contributed by atoms with Crippen LogP contribution in [-0.2, 0) is 14.3 Å². The maximum Gasteiger partial charge on any atom is 0.304 e. The van der Waals surface area contributed by atoms with Gasteiger partial charge in [0.1, 0.15) is 0 Å². The van der Waals surface area contributed by atoms with Crippen LogP contribution in [0.5, 0.6) is 0 Å². The summed E-state index contributed by atoms with van der Waals surface area (Å²) in [5.74, 6) is -0.565. The highest BCUT2D eigenvalue weighted by Crippen LogP contribution is 2.42. The molecule has 1 N–H and O–H groups in total. The van der Waals surface area contributed by atoms with Crippen LogP contribution in [0.2, 0.25) is 0 Å². The fourth-order valence-electron chi connectivity index (χ4n) is 4.34. The molecule has 1 amide bonds. The van der Waals surface area contributed by atoms with Gasteiger partial charge in [-0.15, -0.1) is 0 Å². The Balaban J connectivity index is 2.02. The molecule has 2 heterocycles. The Morgan fingerprint density at radius 3 is 2.22 bits per heavy atom. The number of amides is 1. The van der Waals surface area contributed by atoms with Gasteiger partial charge in [-0.05, 0) is 43.4 Å². The molecule has 2 aliphatic rings. The van der Waals surface area contributed by atoms with Crippen LogP contribution in [0.15, 0.2) is 0 Å². The van der Waals surface area contributed by atoms with Gasteiger partial charge in [-0.1, -0.05) is 20.8 Å². The SMILES string of the molecule is CC(C)CC(C)(CC(=O)O)C(=O)N1CCC2(CCOCC2)CC1. The van der Waals surface area contributed by atoms with Crippen LogP contribution < -0.4 is 0 Å². The summed E-state index contributed by atoms with van der Waals surface area (Å²) in [4.78, 5) is 26.2. The Morgan fingerprint density at radius 1 is 1.17 bits per heavy atom. The van der Waals surface area contributed by atoms with E-state index in [0.29, 0.717) is 17.8 Å². The second kappa shape index (κ2) is 7.20. The zero-order chi connectivity index (χ0) is 17.1. The van der Waals surface area contributed by atoms with Crippen LogP contribution in [0, 0.1) is 16.7 Å². The molecule has 1 atom stereocenters. The van der Waals surface area contributed by atoms with Gasteiger partial charge in [0.15, 0.2) is 0 Å². The first-order valence-corrected chi connectivity index (χ1v) is 8.85. The standard InChI is InChI=1S/C18H31NO4/c1-14(2)12-17(3,13-15(20)21)16(22)19-8-4-18(5-9-19)6-10-23-11-7-18/h14H,4-13H2,1-3H3,(H,20,21). The predicted molar refractivity (Wildman–Crippen MR) is 88.1 cm³/mol. The highest BCUT2D eigenvalue weighted by Gasteiger charge is 2.43. The average molecular weight is 325 g/mol. The normalized spacial score (nSPS) is 23.7. The minimum Gasteiger partial charge on any atom is -0.481 e. The van der Waals surface area contributed by atoms with Crippen LogP contribution in [0.4, 0.5) is 0 Å². The number of carbonyl (C=O) groups excluding carboxylic acids is 1. The average Bonchev–Trinajstić information content (AvgIpc) is 2.46. The first-order valence-electron chi connectivity index (χ1n) is 8.85. The molecule has 5 heteroatoms. The summed E-state index contributed by atoms with van der Waals surface area (Å²) < 4.78 is 5.47. The summed E-state index contributed by atoms with van der Waals surface area (Å²) in [6.45, 7) is 9.08. The molecular weight excluding hydrogens is 294 g/mol. The molecule has 0 aromatic rings. The molecule has 2 aliphatic heterocycles. The lowest BCUT2D eigenvalue weighted by molar-refractivity contribution is -0.153. The van der Waals surface area contributed by atoms with Gasteiger partial charge < -0.3 is 14.7 Å². The number of nitrogens with zero attached hydrogens (tertiary/aromatic N) is 1. The number of piperidine rings is 1. The zero-order valence-electron chi connectivity index (χ0n) is 14.8. The number of hydrogen-bond donors (Lipinski definition) is 1. The van der Waals surface area contributed by atoms with E-state index in [1.165, 1.54) is 0 Å². The summed E-state index contributed by atoms with van der Waals surface area (Å²) >= 11 is 0. The second-order valence-electron chi connectivity index (χ2n) is 8.13. The molecule has 2 saturated heterocycles. The molecule has 2 rings (SSSR count). The van der Waals surface area contributed by atoms with Crippen LogP contribution in [0.25, 0.3) is 0 Å².